The van der Waals surface area contributed by atoms with Crippen molar-refractivity contribution in [2.45, 2.75) is 32.2 Å². The minimum absolute atomic E-state index is 0.271. The lowest BCUT2D eigenvalue weighted by atomic mass is 9.92. The Balaban J connectivity index is 2.00. The Morgan fingerprint density at radius 2 is 1.96 bits per heavy atom. The van der Waals surface area contributed by atoms with Crippen molar-refractivity contribution in [3.8, 4) is 0 Å². The number of ether oxygens (including phenoxy) is 1. The molecule has 6 nitrogen and oxygen atoms in total. The number of urea groups is 1. The molecule has 2 heterocycles. The third kappa shape index (κ3) is 3.85. The van der Waals surface area contributed by atoms with Crippen LogP contribution < -0.4 is 15.5 Å². The van der Waals surface area contributed by atoms with Crippen LogP contribution in [0.4, 0.5) is 4.79 Å². The van der Waals surface area contributed by atoms with Gasteiger partial charge in [-0.25, -0.2) is 9.59 Å². The highest BCUT2D eigenvalue weighted by molar-refractivity contribution is 5.95. The van der Waals surface area contributed by atoms with E-state index < -0.39 is 12.0 Å². The second-order valence-electron chi connectivity index (χ2n) is 6.76. The lowest BCUT2D eigenvalue weighted by Gasteiger charge is -2.32. The molecule has 0 spiro atoms. The van der Waals surface area contributed by atoms with Crippen LogP contribution in [0, 0.1) is 6.92 Å². The molecule has 3 N–H and O–H groups in total. The maximum atomic E-state index is 12.5. The molecule has 0 aromatic heterocycles. The molecule has 1 aromatic rings. The van der Waals surface area contributed by atoms with Gasteiger partial charge in [-0.3, -0.25) is 0 Å². The molecule has 0 aliphatic carbocycles. The van der Waals surface area contributed by atoms with Crippen LogP contribution in [0.1, 0.15) is 36.4 Å². The molecule has 6 heteroatoms. The number of likely N-dealkylation sites (tertiary alicyclic amines) is 1. The number of methoxy groups -OCH3 is 1. The molecule has 2 aliphatic heterocycles. The molecule has 134 valence electrons. The van der Waals surface area contributed by atoms with E-state index in [1.807, 2.05) is 31.2 Å². The average Bonchev–Trinajstić information content (AvgIpc) is 2.62. The first-order valence-electron chi connectivity index (χ1n) is 8.88. The quantitative estimate of drug-likeness (QED) is 0.709. The summed E-state index contributed by atoms with van der Waals surface area (Å²) >= 11 is 0. The Bertz CT molecular complexity index is 693. The molecule has 1 atom stereocenters. The number of quaternary nitrogens is 1. The van der Waals surface area contributed by atoms with Crippen LogP contribution in [0.2, 0.25) is 0 Å². The van der Waals surface area contributed by atoms with Crippen molar-refractivity contribution in [3.05, 3.63) is 46.7 Å². The fourth-order valence-corrected chi connectivity index (χ4v) is 3.73. The number of carbonyl (C=O) groups is 2. The lowest BCUT2D eigenvalue weighted by molar-refractivity contribution is -0.900. The largest absolute Gasteiger partial charge is 0.466 e. The Hall–Kier alpha value is -2.34. The van der Waals surface area contributed by atoms with Crippen LogP contribution in [0.15, 0.2) is 35.5 Å². The first kappa shape index (κ1) is 17.5. The zero-order valence-electron chi connectivity index (χ0n) is 14.9. The molecule has 2 aliphatic rings. The van der Waals surface area contributed by atoms with Crippen LogP contribution in [0.25, 0.3) is 0 Å². The van der Waals surface area contributed by atoms with Crippen molar-refractivity contribution < 1.29 is 19.2 Å². The van der Waals surface area contributed by atoms with Crippen molar-refractivity contribution in [1.82, 2.24) is 10.6 Å². The summed E-state index contributed by atoms with van der Waals surface area (Å²) in [6, 6.07) is 7.03. The highest BCUT2D eigenvalue weighted by atomic mass is 16.5. The van der Waals surface area contributed by atoms with Crippen molar-refractivity contribution in [2.75, 3.05) is 26.7 Å². The first-order valence-corrected chi connectivity index (χ1v) is 8.88. The Labute approximate surface area is 148 Å². The molecule has 0 bridgehead atoms. The Morgan fingerprint density at radius 3 is 2.64 bits per heavy atom. The SMILES string of the molecule is COC(=O)C1=C(C[NH+]2CCCCC2)NC(=O)N[C@H]1c1ccccc1C. The number of hydrogen-bond donors (Lipinski definition) is 3. The molecular formula is C19H26N3O3+. The van der Waals surface area contributed by atoms with E-state index in [0.29, 0.717) is 17.8 Å². The predicted octanol–water partition coefficient (Wildman–Crippen LogP) is 0.845. The topological polar surface area (TPSA) is 71.9 Å². The third-order valence-electron chi connectivity index (χ3n) is 5.05. The van der Waals surface area contributed by atoms with Gasteiger partial charge in [0, 0.05) is 0 Å². The van der Waals surface area contributed by atoms with Crippen LogP contribution in [-0.4, -0.2) is 38.7 Å². The van der Waals surface area contributed by atoms with E-state index in [1.54, 1.807) is 0 Å². The van der Waals surface area contributed by atoms with Gasteiger partial charge in [0.25, 0.3) is 0 Å². The molecule has 1 saturated heterocycles. The zero-order valence-corrected chi connectivity index (χ0v) is 14.9. The number of hydrogen-bond acceptors (Lipinski definition) is 3. The van der Waals surface area contributed by atoms with E-state index in [-0.39, 0.29) is 6.03 Å². The van der Waals surface area contributed by atoms with Crippen molar-refractivity contribution >= 4 is 12.0 Å². The molecule has 3 rings (SSSR count). The van der Waals surface area contributed by atoms with Crippen LogP contribution >= 0.6 is 0 Å². The van der Waals surface area contributed by atoms with Gasteiger partial charge in [-0.2, -0.15) is 0 Å². The molecule has 0 unspecified atom stereocenters. The predicted molar refractivity (Wildman–Crippen MR) is 94.0 cm³/mol. The fraction of sp³-hybridized carbons (Fsp3) is 0.474. The number of piperidine rings is 1. The second-order valence-corrected chi connectivity index (χ2v) is 6.76. The van der Waals surface area contributed by atoms with Crippen molar-refractivity contribution in [1.29, 1.82) is 0 Å². The van der Waals surface area contributed by atoms with Crippen LogP contribution in [0.5, 0.6) is 0 Å². The molecule has 25 heavy (non-hydrogen) atoms. The van der Waals surface area contributed by atoms with E-state index >= 15 is 0 Å². The van der Waals surface area contributed by atoms with Gasteiger partial charge >= 0.3 is 12.0 Å². The minimum atomic E-state index is -0.485. The molecule has 0 radical (unpaired) electrons. The van der Waals surface area contributed by atoms with Gasteiger partial charge in [0.2, 0.25) is 0 Å². The van der Waals surface area contributed by atoms with E-state index in [0.717, 1.165) is 24.2 Å². The van der Waals surface area contributed by atoms with Crippen molar-refractivity contribution in [3.63, 3.8) is 0 Å². The Kier molecular flexibility index (Phi) is 5.38. The van der Waals surface area contributed by atoms with Gasteiger partial charge in [-0.1, -0.05) is 24.3 Å². The summed E-state index contributed by atoms with van der Waals surface area (Å²) in [5.74, 6) is -0.396. The Morgan fingerprint density at radius 1 is 1.24 bits per heavy atom. The summed E-state index contributed by atoms with van der Waals surface area (Å²) in [5.41, 5.74) is 3.14. The van der Waals surface area contributed by atoms with Gasteiger partial charge < -0.3 is 20.3 Å². The minimum Gasteiger partial charge on any atom is -0.466 e. The lowest BCUT2D eigenvalue weighted by Crippen LogP contribution is -3.13. The molecule has 2 amide bonds. The number of carbonyl (C=O) groups excluding carboxylic acids is 2. The summed E-state index contributed by atoms with van der Waals surface area (Å²) in [4.78, 5) is 26.2. The summed E-state index contributed by atoms with van der Waals surface area (Å²) < 4.78 is 5.04. The normalized spacial score (nSPS) is 21.5. The summed E-state index contributed by atoms with van der Waals surface area (Å²) in [6.45, 7) is 4.75. The number of nitrogens with one attached hydrogen (secondary N) is 3. The molecular weight excluding hydrogens is 318 g/mol. The maximum Gasteiger partial charge on any atom is 0.338 e. The zero-order chi connectivity index (χ0) is 17.8. The molecule has 0 saturated carbocycles. The highest BCUT2D eigenvalue weighted by Gasteiger charge is 2.35. The summed E-state index contributed by atoms with van der Waals surface area (Å²) in [5, 5.41) is 5.74. The molecule has 1 fully saturated rings. The van der Waals surface area contributed by atoms with Gasteiger partial charge in [0.05, 0.1) is 37.5 Å². The highest BCUT2D eigenvalue weighted by Crippen LogP contribution is 2.29. The van der Waals surface area contributed by atoms with E-state index in [4.69, 9.17) is 4.74 Å². The van der Waals surface area contributed by atoms with E-state index in [2.05, 4.69) is 10.6 Å². The third-order valence-corrected chi connectivity index (χ3v) is 5.05. The van der Waals surface area contributed by atoms with Crippen LogP contribution in [0.3, 0.4) is 0 Å². The van der Waals surface area contributed by atoms with Gasteiger partial charge in [0.15, 0.2) is 0 Å². The number of benzene rings is 1. The monoisotopic (exact) mass is 344 g/mol. The molecule has 1 aromatic carbocycles. The first-order chi connectivity index (χ1) is 12.1. The van der Waals surface area contributed by atoms with Crippen LogP contribution in [-0.2, 0) is 9.53 Å². The van der Waals surface area contributed by atoms with Gasteiger partial charge in [-0.05, 0) is 37.3 Å². The fourth-order valence-electron chi connectivity index (χ4n) is 3.73. The summed E-state index contributed by atoms with van der Waals surface area (Å²) in [7, 11) is 1.38. The standard InChI is InChI=1S/C19H25N3O3/c1-13-8-4-5-9-14(13)17-16(18(23)25-2)15(20-19(24)21-17)12-22-10-6-3-7-11-22/h4-5,8-9,17H,3,6-7,10-12H2,1-2H3,(H2,20,21,24)/p+1/t17-/m0/s1. The number of aryl methyl sites for hydroxylation is 1. The number of rotatable bonds is 4. The van der Waals surface area contributed by atoms with E-state index in [9.17, 15) is 9.59 Å². The number of esters is 1. The maximum absolute atomic E-state index is 12.5. The number of amides is 2. The van der Waals surface area contributed by atoms with Gasteiger partial charge in [0.1, 0.15) is 6.54 Å². The van der Waals surface area contributed by atoms with Crippen molar-refractivity contribution in [2.24, 2.45) is 0 Å². The summed E-state index contributed by atoms with van der Waals surface area (Å²) in [6.07, 6.45) is 3.62. The van der Waals surface area contributed by atoms with Gasteiger partial charge in [-0.15, -0.1) is 0 Å². The second kappa shape index (κ2) is 7.70. The van der Waals surface area contributed by atoms with E-state index in [1.165, 1.54) is 31.3 Å². The smallest absolute Gasteiger partial charge is 0.338 e. The average molecular weight is 344 g/mol.